The van der Waals surface area contributed by atoms with Gasteiger partial charge in [-0.05, 0) is 24.1 Å². The van der Waals surface area contributed by atoms with Crippen LogP contribution in [-0.2, 0) is 25.6 Å². The van der Waals surface area contributed by atoms with Crippen molar-refractivity contribution in [2.24, 2.45) is 0 Å². The summed E-state index contributed by atoms with van der Waals surface area (Å²) in [6.45, 7) is 6.52. The number of rotatable bonds is 10. The molecular formula is C18H29ClN2O4. The van der Waals surface area contributed by atoms with Crippen LogP contribution >= 0.6 is 12.4 Å². The Hall–Kier alpha value is -1.18. The predicted octanol–water partition coefficient (Wildman–Crippen LogP) is 2.37. The minimum absolute atomic E-state index is 0. The van der Waals surface area contributed by atoms with Gasteiger partial charge in [0.25, 0.3) is 5.91 Å². The molecule has 1 unspecified atom stereocenters. The maximum Gasteiger partial charge on any atom is 0.254 e. The van der Waals surface area contributed by atoms with Crippen LogP contribution in [0.4, 0.5) is 5.69 Å². The lowest BCUT2D eigenvalue weighted by atomic mass is 10.2. The first-order valence-electron chi connectivity index (χ1n) is 8.67. The van der Waals surface area contributed by atoms with Gasteiger partial charge in [-0.25, -0.2) is 0 Å². The number of halogens is 1. The molecule has 1 saturated heterocycles. The van der Waals surface area contributed by atoms with E-state index in [0.717, 1.165) is 37.2 Å². The predicted molar refractivity (Wildman–Crippen MR) is 100 cm³/mol. The fourth-order valence-corrected chi connectivity index (χ4v) is 2.35. The largest absolute Gasteiger partial charge is 0.379 e. The SMILES string of the molecule is CCCCOCCOCc1cccc(NC(=O)C2CNCCO2)c1.Cl. The van der Waals surface area contributed by atoms with Crippen molar-refractivity contribution >= 4 is 24.0 Å². The lowest BCUT2D eigenvalue weighted by Crippen LogP contribution is -2.45. The van der Waals surface area contributed by atoms with Gasteiger partial charge in [0.1, 0.15) is 6.10 Å². The standard InChI is InChI=1S/C18H28N2O4.ClH/c1-2-3-8-22-10-11-23-14-15-5-4-6-16(12-15)20-18(21)17-13-19-7-9-24-17;/h4-6,12,17,19H,2-3,7-11,13-14H2,1H3,(H,20,21);1H. The number of anilines is 1. The molecule has 1 aromatic rings. The first-order valence-corrected chi connectivity index (χ1v) is 8.67. The monoisotopic (exact) mass is 372 g/mol. The Kier molecular flexibility index (Phi) is 11.4. The summed E-state index contributed by atoms with van der Waals surface area (Å²) in [6, 6.07) is 7.68. The summed E-state index contributed by atoms with van der Waals surface area (Å²) in [7, 11) is 0. The molecular weight excluding hydrogens is 344 g/mol. The van der Waals surface area contributed by atoms with Crippen LogP contribution < -0.4 is 10.6 Å². The van der Waals surface area contributed by atoms with E-state index in [1.807, 2.05) is 24.3 Å². The molecule has 7 heteroatoms. The molecule has 0 radical (unpaired) electrons. The van der Waals surface area contributed by atoms with E-state index >= 15 is 0 Å². The molecule has 0 saturated carbocycles. The van der Waals surface area contributed by atoms with Crippen molar-refractivity contribution in [2.75, 3.05) is 44.8 Å². The van der Waals surface area contributed by atoms with Gasteiger partial charge < -0.3 is 24.8 Å². The fourth-order valence-electron chi connectivity index (χ4n) is 2.35. The Morgan fingerprint density at radius 1 is 1.32 bits per heavy atom. The second kappa shape index (κ2) is 13.1. The summed E-state index contributed by atoms with van der Waals surface area (Å²) >= 11 is 0. The van der Waals surface area contributed by atoms with Gasteiger partial charge in [0.2, 0.25) is 0 Å². The molecule has 1 heterocycles. The molecule has 25 heavy (non-hydrogen) atoms. The minimum Gasteiger partial charge on any atom is -0.379 e. The van der Waals surface area contributed by atoms with Crippen molar-refractivity contribution in [2.45, 2.75) is 32.5 Å². The van der Waals surface area contributed by atoms with Crippen molar-refractivity contribution in [1.29, 1.82) is 0 Å². The van der Waals surface area contributed by atoms with Crippen LogP contribution in [-0.4, -0.2) is 51.5 Å². The second-order valence-corrected chi connectivity index (χ2v) is 5.77. The van der Waals surface area contributed by atoms with Crippen molar-refractivity contribution in [3.05, 3.63) is 29.8 Å². The molecule has 142 valence electrons. The Bertz CT molecular complexity index is 496. The molecule has 1 atom stereocenters. The molecule has 1 aliphatic rings. The van der Waals surface area contributed by atoms with Gasteiger partial charge in [-0.15, -0.1) is 12.4 Å². The topological polar surface area (TPSA) is 68.8 Å². The molecule has 2 N–H and O–H groups in total. The number of amides is 1. The Morgan fingerprint density at radius 2 is 2.16 bits per heavy atom. The van der Waals surface area contributed by atoms with Crippen LogP contribution in [0.5, 0.6) is 0 Å². The molecule has 6 nitrogen and oxygen atoms in total. The number of ether oxygens (including phenoxy) is 3. The number of hydrogen-bond donors (Lipinski definition) is 2. The summed E-state index contributed by atoms with van der Waals surface area (Å²) < 4.78 is 16.5. The third kappa shape index (κ3) is 8.65. The van der Waals surface area contributed by atoms with E-state index in [9.17, 15) is 4.79 Å². The Labute approximate surface area is 156 Å². The van der Waals surface area contributed by atoms with E-state index in [4.69, 9.17) is 14.2 Å². The zero-order valence-corrected chi connectivity index (χ0v) is 15.6. The maximum atomic E-state index is 12.1. The van der Waals surface area contributed by atoms with Gasteiger partial charge >= 0.3 is 0 Å². The summed E-state index contributed by atoms with van der Waals surface area (Å²) in [4.78, 5) is 12.1. The van der Waals surface area contributed by atoms with E-state index in [-0.39, 0.29) is 18.3 Å². The third-order valence-corrected chi connectivity index (χ3v) is 3.70. The number of hydrogen-bond acceptors (Lipinski definition) is 5. The van der Waals surface area contributed by atoms with E-state index < -0.39 is 6.10 Å². The summed E-state index contributed by atoms with van der Waals surface area (Å²) in [5.41, 5.74) is 1.78. The summed E-state index contributed by atoms with van der Waals surface area (Å²) in [5, 5.41) is 6.04. The number of unbranched alkanes of at least 4 members (excludes halogenated alkanes) is 1. The lowest BCUT2D eigenvalue weighted by Gasteiger charge is -2.22. The zero-order valence-electron chi connectivity index (χ0n) is 14.8. The zero-order chi connectivity index (χ0) is 17.0. The molecule has 0 spiro atoms. The highest BCUT2D eigenvalue weighted by Crippen LogP contribution is 2.13. The van der Waals surface area contributed by atoms with Crippen molar-refractivity contribution in [3.8, 4) is 0 Å². The first kappa shape index (κ1) is 21.9. The molecule has 1 aromatic carbocycles. The normalized spacial score (nSPS) is 16.9. The Morgan fingerprint density at radius 3 is 2.92 bits per heavy atom. The van der Waals surface area contributed by atoms with Crippen LogP contribution in [0.25, 0.3) is 0 Å². The smallest absolute Gasteiger partial charge is 0.254 e. The van der Waals surface area contributed by atoms with Crippen LogP contribution in [0.2, 0.25) is 0 Å². The van der Waals surface area contributed by atoms with Gasteiger partial charge in [0, 0.05) is 25.4 Å². The van der Waals surface area contributed by atoms with Gasteiger partial charge in [-0.1, -0.05) is 25.5 Å². The quantitative estimate of drug-likeness (QED) is 0.617. The molecule has 1 fully saturated rings. The lowest BCUT2D eigenvalue weighted by molar-refractivity contribution is -0.128. The van der Waals surface area contributed by atoms with Gasteiger partial charge in [-0.2, -0.15) is 0 Å². The van der Waals surface area contributed by atoms with Crippen molar-refractivity contribution in [3.63, 3.8) is 0 Å². The molecule has 2 rings (SSSR count). The van der Waals surface area contributed by atoms with Crippen LogP contribution in [0.3, 0.4) is 0 Å². The van der Waals surface area contributed by atoms with Crippen LogP contribution in [0.15, 0.2) is 24.3 Å². The highest BCUT2D eigenvalue weighted by Gasteiger charge is 2.21. The van der Waals surface area contributed by atoms with Gasteiger partial charge in [0.15, 0.2) is 0 Å². The second-order valence-electron chi connectivity index (χ2n) is 5.77. The molecule has 1 aliphatic heterocycles. The number of nitrogens with one attached hydrogen (secondary N) is 2. The third-order valence-electron chi connectivity index (χ3n) is 3.70. The highest BCUT2D eigenvalue weighted by atomic mass is 35.5. The average Bonchev–Trinajstić information content (AvgIpc) is 2.62. The molecule has 0 aliphatic carbocycles. The van der Waals surface area contributed by atoms with Crippen molar-refractivity contribution < 1.29 is 19.0 Å². The highest BCUT2D eigenvalue weighted by molar-refractivity contribution is 5.94. The molecule has 0 aromatic heterocycles. The fraction of sp³-hybridized carbons (Fsp3) is 0.611. The summed E-state index contributed by atoms with van der Waals surface area (Å²) in [6.07, 6.45) is 1.79. The van der Waals surface area contributed by atoms with Crippen LogP contribution in [0.1, 0.15) is 25.3 Å². The average molecular weight is 373 g/mol. The Balaban J connectivity index is 0.00000312. The molecule has 0 bridgehead atoms. The minimum atomic E-state index is -0.432. The van der Waals surface area contributed by atoms with E-state index in [1.54, 1.807) is 0 Å². The van der Waals surface area contributed by atoms with E-state index in [0.29, 0.717) is 33.0 Å². The van der Waals surface area contributed by atoms with Crippen molar-refractivity contribution in [1.82, 2.24) is 5.32 Å². The number of morpholine rings is 1. The first-order chi connectivity index (χ1) is 11.8. The number of carbonyl (C=O) groups is 1. The summed E-state index contributed by atoms with van der Waals surface area (Å²) in [5.74, 6) is -0.121. The van der Waals surface area contributed by atoms with E-state index in [2.05, 4.69) is 17.6 Å². The van der Waals surface area contributed by atoms with Gasteiger partial charge in [0.05, 0.1) is 26.4 Å². The van der Waals surface area contributed by atoms with E-state index in [1.165, 1.54) is 0 Å². The number of carbonyl (C=O) groups excluding carboxylic acids is 1. The van der Waals surface area contributed by atoms with Gasteiger partial charge in [-0.3, -0.25) is 4.79 Å². The maximum absolute atomic E-state index is 12.1. The number of benzene rings is 1. The molecule has 1 amide bonds. The van der Waals surface area contributed by atoms with Crippen LogP contribution in [0, 0.1) is 0 Å².